The van der Waals surface area contributed by atoms with Crippen molar-refractivity contribution in [3.05, 3.63) is 88.9 Å². The average Bonchev–Trinajstić information content (AvgIpc) is 3.69. The molecule has 1 atom stereocenters. The summed E-state index contributed by atoms with van der Waals surface area (Å²) in [4.78, 5) is 18.4. The largest absolute Gasteiger partial charge is 0.334 e. The molecular formula is C28H32N8O. The SMILES string of the molecule is CCCCc1cn(-c2cccn2C(C)CC)c(=O)n1Cc1ccc(-c2ccccc2-c2nn[nH]n2)nc1. The van der Waals surface area contributed by atoms with Crippen molar-refractivity contribution >= 4 is 0 Å². The van der Waals surface area contributed by atoms with Crippen LogP contribution in [0.25, 0.3) is 28.5 Å². The quantitative estimate of drug-likeness (QED) is 0.292. The predicted octanol–water partition coefficient (Wildman–Crippen LogP) is 5.04. The zero-order valence-electron chi connectivity index (χ0n) is 21.5. The number of aromatic nitrogens is 8. The lowest BCUT2D eigenvalue weighted by Crippen LogP contribution is -2.26. The molecule has 0 radical (unpaired) electrons. The van der Waals surface area contributed by atoms with Gasteiger partial charge in [-0.1, -0.05) is 50.6 Å². The highest BCUT2D eigenvalue weighted by Crippen LogP contribution is 2.28. The maximum atomic E-state index is 13.7. The van der Waals surface area contributed by atoms with Crippen molar-refractivity contribution in [2.24, 2.45) is 0 Å². The smallest absolute Gasteiger partial charge is 0.331 e. The van der Waals surface area contributed by atoms with Crippen molar-refractivity contribution in [2.45, 2.75) is 59.0 Å². The lowest BCUT2D eigenvalue weighted by molar-refractivity contribution is 0.521. The van der Waals surface area contributed by atoms with Gasteiger partial charge in [0.25, 0.3) is 0 Å². The number of aromatic amines is 1. The standard InChI is InChI=1S/C28H32N8O/c1-4-6-10-22-19-36(26-13-9-16-34(26)20(3)5-2)28(37)35(22)18-21-14-15-25(29-17-21)23-11-7-8-12-24(23)27-30-32-33-31-27/h7-9,11-17,19-20H,4-6,10,18H2,1-3H3,(H,30,31,32,33). The Morgan fingerprint density at radius 1 is 1.03 bits per heavy atom. The molecule has 1 unspecified atom stereocenters. The van der Waals surface area contributed by atoms with Crippen LogP contribution in [-0.4, -0.2) is 39.3 Å². The Kier molecular flexibility index (Phi) is 7.11. The molecule has 4 aromatic heterocycles. The molecule has 37 heavy (non-hydrogen) atoms. The van der Waals surface area contributed by atoms with Crippen molar-refractivity contribution in [3.63, 3.8) is 0 Å². The van der Waals surface area contributed by atoms with E-state index >= 15 is 0 Å². The molecule has 0 amide bonds. The van der Waals surface area contributed by atoms with Crippen LogP contribution in [-0.2, 0) is 13.0 Å². The van der Waals surface area contributed by atoms with Gasteiger partial charge in [-0.05, 0) is 55.2 Å². The molecule has 0 aliphatic rings. The molecule has 0 saturated carbocycles. The fourth-order valence-corrected chi connectivity index (χ4v) is 4.61. The summed E-state index contributed by atoms with van der Waals surface area (Å²) in [6.45, 7) is 6.97. The van der Waals surface area contributed by atoms with Crippen molar-refractivity contribution in [1.29, 1.82) is 0 Å². The topological polar surface area (TPSA) is 99.2 Å². The molecule has 5 rings (SSSR count). The van der Waals surface area contributed by atoms with E-state index in [1.54, 1.807) is 4.57 Å². The van der Waals surface area contributed by atoms with E-state index in [9.17, 15) is 4.79 Å². The molecule has 9 heteroatoms. The molecule has 190 valence electrons. The molecule has 0 aliphatic carbocycles. The number of nitrogens with one attached hydrogen (secondary N) is 1. The molecule has 0 saturated heterocycles. The highest BCUT2D eigenvalue weighted by molar-refractivity contribution is 5.78. The van der Waals surface area contributed by atoms with E-state index < -0.39 is 0 Å². The van der Waals surface area contributed by atoms with Crippen LogP contribution < -0.4 is 5.69 Å². The van der Waals surface area contributed by atoms with Gasteiger partial charge in [0.15, 0.2) is 0 Å². The highest BCUT2D eigenvalue weighted by Gasteiger charge is 2.17. The lowest BCUT2D eigenvalue weighted by Gasteiger charge is -2.15. The maximum absolute atomic E-state index is 13.7. The normalized spacial score (nSPS) is 12.2. The Hall–Kier alpha value is -4.27. The number of H-pyrrole nitrogens is 1. The second-order valence-corrected chi connectivity index (χ2v) is 9.33. The van der Waals surface area contributed by atoms with Crippen molar-refractivity contribution < 1.29 is 0 Å². The Morgan fingerprint density at radius 3 is 2.57 bits per heavy atom. The molecule has 1 aromatic carbocycles. The predicted molar refractivity (Wildman–Crippen MR) is 144 cm³/mol. The third kappa shape index (κ3) is 4.89. The minimum absolute atomic E-state index is 0.0270. The number of rotatable bonds is 10. The Balaban J connectivity index is 1.47. The van der Waals surface area contributed by atoms with Crippen LogP contribution >= 0.6 is 0 Å². The monoisotopic (exact) mass is 496 g/mol. The van der Waals surface area contributed by atoms with E-state index in [-0.39, 0.29) is 5.69 Å². The van der Waals surface area contributed by atoms with Crippen LogP contribution in [0, 0.1) is 0 Å². The summed E-state index contributed by atoms with van der Waals surface area (Å²) in [5, 5.41) is 14.4. The van der Waals surface area contributed by atoms with Gasteiger partial charge >= 0.3 is 5.69 Å². The van der Waals surface area contributed by atoms with E-state index in [1.165, 1.54) is 0 Å². The third-order valence-corrected chi connectivity index (χ3v) is 6.87. The molecule has 5 aromatic rings. The second-order valence-electron chi connectivity index (χ2n) is 9.33. The van der Waals surface area contributed by atoms with E-state index in [1.807, 2.05) is 71.7 Å². The fourth-order valence-electron chi connectivity index (χ4n) is 4.61. The van der Waals surface area contributed by atoms with Gasteiger partial charge in [-0.25, -0.2) is 4.79 Å². The van der Waals surface area contributed by atoms with Crippen LogP contribution in [0.1, 0.15) is 57.3 Å². The summed E-state index contributed by atoms with van der Waals surface area (Å²) >= 11 is 0. The molecule has 4 heterocycles. The second kappa shape index (κ2) is 10.8. The van der Waals surface area contributed by atoms with Gasteiger partial charge in [-0.15, -0.1) is 10.2 Å². The number of hydrogen-bond acceptors (Lipinski definition) is 5. The summed E-state index contributed by atoms with van der Waals surface area (Å²) in [7, 11) is 0. The van der Waals surface area contributed by atoms with Crippen LogP contribution in [0.4, 0.5) is 0 Å². The summed E-state index contributed by atoms with van der Waals surface area (Å²) in [5.41, 5.74) is 4.57. The first-order valence-corrected chi connectivity index (χ1v) is 12.9. The van der Waals surface area contributed by atoms with Crippen LogP contribution in [0.15, 0.2) is 71.9 Å². The van der Waals surface area contributed by atoms with Crippen LogP contribution in [0.3, 0.4) is 0 Å². The van der Waals surface area contributed by atoms with Gasteiger partial charge in [0.05, 0.1) is 12.2 Å². The van der Waals surface area contributed by atoms with E-state index in [0.717, 1.165) is 59.6 Å². The summed E-state index contributed by atoms with van der Waals surface area (Å²) in [5.74, 6) is 1.43. The molecular weight excluding hydrogens is 464 g/mol. The number of nitrogens with zero attached hydrogens (tertiary/aromatic N) is 7. The summed E-state index contributed by atoms with van der Waals surface area (Å²) in [6, 6.07) is 16.2. The maximum Gasteiger partial charge on any atom is 0.334 e. The van der Waals surface area contributed by atoms with E-state index in [4.69, 9.17) is 4.98 Å². The first-order valence-electron chi connectivity index (χ1n) is 12.9. The number of pyridine rings is 1. The highest BCUT2D eigenvalue weighted by atomic mass is 16.1. The van der Waals surface area contributed by atoms with Crippen molar-refractivity contribution in [3.8, 4) is 28.5 Å². The first kappa shape index (κ1) is 24.4. The molecule has 9 nitrogen and oxygen atoms in total. The number of imidazole rings is 1. The van der Waals surface area contributed by atoms with Crippen LogP contribution in [0.2, 0.25) is 0 Å². The zero-order chi connectivity index (χ0) is 25.8. The number of tetrazole rings is 1. The van der Waals surface area contributed by atoms with Gasteiger partial charge < -0.3 is 4.57 Å². The number of benzene rings is 1. The molecule has 0 bridgehead atoms. The van der Waals surface area contributed by atoms with Gasteiger partial charge in [0, 0.05) is 41.5 Å². The zero-order valence-corrected chi connectivity index (χ0v) is 21.5. The number of hydrogen-bond donors (Lipinski definition) is 1. The first-order chi connectivity index (χ1) is 18.1. The third-order valence-electron chi connectivity index (χ3n) is 6.87. The summed E-state index contributed by atoms with van der Waals surface area (Å²) < 4.78 is 5.85. The van der Waals surface area contributed by atoms with Crippen LogP contribution in [0.5, 0.6) is 0 Å². The van der Waals surface area contributed by atoms with Crippen molar-refractivity contribution in [1.82, 2.24) is 39.3 Å². The minimum Gasteiger partial charge on any atom is -0.331 e. The van der Waals surface area contributed by atoms with Gasteiger partial charge in [-0.3, -0.25) is 14.1 Å². The molecule has 1 N–H and O–H groups in total. The molecule has 0 aliphatic heterocycles. The fraction of sp³-hybridized carbons (Fsp3) is 0.321. The van der Waals surface area contributed by atoms with Gasteiger partial charge in [0.1, 0.15) is 5.82 Å². The molecule has 0 fully saturated rings. The lowest BCUT2D eigenvalue weighted by atomic mass is 10.0. The average molecular weight is 497 g/mol. The van der Waals surface area contributed by atoms with E-state index in [0.29, 0.717) is 18.4 Å². The Bertz CT molecular complexity index is 1510. The summed E-state index contributed by atoms with van der Waals surface area (Å²) in [6.07, 6.45) is 9.85. The Morgan fingerprint density at radius 2 is 1.86 bits per heavy atom. The minimum atomic E-state index is -0.0270. The van der Waals surface area contributed by atoms with Gasteiger partial charge in [0.2, 0.25) is 5.82 Å². The van der Waals surface area contributed by atoms with E-state index in [2.05, 4.69) is 46.0 Å². The van der Waals surface area contributed by atoms with Gasteiger partial charge in [-0.2, -0.15) is 5.21 Å². The number of aryl methyl sites for hydroxylation is 1. The number of unbranched alkanes of at least 4 members (excludes halogenated alkanes) is 1. The van der Waals surface area contributed by atoms with Crippen molar-refractivity contribution in [2.75, 3.05) is 0 Å². The Labute approximate surface area is 215 Å². The molecule has 0 spiro atoms.